The van der Waals surface area contributed by atoms with Crippen LogP contribution in [0.4, 0.5) is 0 Å². The number of carbonyl (C=O) groups is 1. The Balaban J connectivity index is 1.62. The van der Waals surface area contributed by atoms with E-state index in [9.17, 15) is 13.2 Å². The summed E-state index contributed by atoms with van der Waals surface area (Å²) >= 11 is 1.68. The number of nitrogens with one attached hydrogen (secondary N) is 2. The molecule has 1 aliphatic rings. The van der Waals surface area contributed by atoms with E-state index >= 15 is 0 Å². The fourth-order valence-corrected chi connectivity index (χ4v) is 5.14. The van der Waals surface area contributed by atoms with Crippen LogP contribution in [0.5, 0.6) is 0 Å². The highest BCUT2D eigenvalue weighted by atomic mass is 32.2. The fraction of sp³-hybridized carbons (Fsp3) is 0.381. The lowest BCUT2D eigenvalue weighted by Gasteiger charge is -2.18. The van der Waals surface area contributed by atoms with Crippen LogP contribution in [0, 0.1) is 6.92 Å². The van der Waals surface area contributed by atoms with E-state index < -0.39 is 10.0 Å². The van der Waals surface area contributed by atoms with Gasteiger partial charge in [0.15, 0.2) is 11.5 Å². The van der Waals surface area contributed by atoms with Crippen LogP contribution in [-0.4, -0.2) is 47.0 Å². The van der Waals surface area contributed by atoms with Gasteiger partial charge in [0.2, 0.25) is 10.0 Å². The van der Waals surface area contributed by atoms with Crippen molar-refractivity contribution >= 4 is 33.3 Å². The summed E-state index contributed by atoms with van der Waals surface area (Å²) < 4.78 is 29.7. The summed E-state index contributed by atoms with van der Waals surface area (Å²) in [6.07, 6.45) is 6.24. The van der Waals surface area contributed by atoms with E-state index in [2.05, 4.69) is 20.2 Å². The second-order valence-electron chi connectivity index (χ2n) is 7.67. The summed E-state index contributed by atoms with van der Waals surface area (Å²) in [6.45, 7) is 1.79. The molecule has 1 unspecified atom stereocenters. The molecular weight excluding hydrogens is 434 g/mol. The molecule has 2 N–H and O–H groups in total. The highest BCUT2D eigenvalue weighted by Crippen LogP contribution is 2.24. The van der Waals surface area contributed by atoms with Gasteiger partial charge >= 0.3 is 0 Å². The summed E-state index contributed by atoms with van der Waals surface area (Å²) in [5.41, 5.74) is 1.75. The number of amides is 1. The van der Waals surface area contributed by atoms with Gasteiger partial charge in [-0.15, -0.1) is 10.2 Å². The lowest BCUT2D eigenvalue weighted by molar-refractivity contribution is 0.0933. The van der Waals surface area contributed by atoms with Crippen LogP contribution in [0.15, 0.2) is 47.5 Å². The number of nitrogens with zero attached hydrogens (tertiary/aromatic N) is 3. The minimum absolute atomic E-state index is 0.000671. The molecule has 0 aliphatic heterocycles. The topological polar surface area (TPSA) is 105 Å². The average molecular weight is 460 g/mol. The summed E-state index contributed by atoms with van der Waals surface area (Å²) in [6, 6.07) is 9.92. The molecule has 1 fully saturated rings. The van der Waals surface area contributed by atoms with Crippen molar-refractivity contribution in [1.82, 2.24) is 24.6 Å². The standard InChI is InChI=1S/C21H25N5O3S2/c1-14-6-9-16(31(28,29)25-15-7-8-15)13-17(14)21(27)22-18(10-12-30-2)20-24-23-19-5-3-4-11-26(19)20/h3-6,9,11,13,15,18,25H,7-8,10,12H2,1-2H3,(H,22,27). The van der Waals surface area contributed by atoms with E-state index in [1.54, 1.807) is 24.8 Å². The van der Waals surface area contributed by atoms with Crippen LogP contribution in [0.2, 0.25) is 0 Å². The van der Waals surface area contributed by atoms with Gasteiger partial charge in [0.05, 0.1) is 10.9 Å². The van der Waals surface area contributed by atoms with Gasteiger partial charge in [-0.2, -0.15) is 11.8 Å². The van der Waals surface area contributed by atoms with Crippen LogP contribution in [0.1, 0.15) is 47.1 Å². The number of carbonyl (C=O) groups excluding carboxylic acids is 1. The van der Waals surface area contributed by atoms with Crippen LogP contribution < -0.4 is 10.0 Å². The number of hydrogen-bond acceptors (Lipinski definition) is 6. The van der Waals surface area contributed by atoms with Gasteiger partial charge in [0.1, 0.15) is 0 Å². The first-order valence-electron chi connectivity index (χ1n) is 10.1. The lowest BCUT2D eigenvalue weighted by Crippen LogP contribution is -2.31. The zero-order chi connectivity index (χ0) is 22.0. The molecule has 3 aromatic rings. The van der Waals surface area contributed by atoms with Crippen molar-refractivity contribution in [3.05, 3.63) is 59.5 Å². The molecule has 4 rings (SSSR count). The first-order chi connectivity index (χ1) is 14.9. The van der Waals surface area contributed by atoms with Crippen molar-refractivity contribution in [2.75, 3.05) is 12.0 Å². The van der Waals surface area contributed by atoms with E-state index in [1.807, 2.05) is 35.1 Å². The molecule has 0 spiro atoms. The van der Waals surface area contributed by atoms with Gasteiger partial charge in [-0.1, -0.05) is 12.1 Å². The van der Waals surface area contributed by atoms with Gasteiger partial charge in [-0.3, -0.25) is 9.20 Å². The van der Waals surface area contributed by atoms with Crippen molar-refractivity contribution in [3.63, 3.8) is 0 Å². The molecule has 1 atom stereocenters. The number of sulfonamides is 1. The summed E-state index contributed by atoms with van der Waals surface area (Å²) in [7, 11) is -3.64. The normalized spacial score (nSPS) is 15.2. The smallest absolute Gasteiger partial charge is 0.252 e. The molecule has 2 heterocycles. The Kier molecular flexibility index (Phi) is 6.31. The molecule has 1 saturated carbocycles. The first-order valence-corrected chi connectivity index (χ1v) is 13.0. The maximum atomic E-state index is 13.2. The molecule has 0 radical (unpaired) electrons. The van der Waals surface area contributed by atoms with Crippen molar-refractivity contribution in [1.29, 1.82) is 0 Å². The molecule has 8 nitrogen and oxygen atoms in total. The van der Waals surface area contributed by atoms with E-state index in [1.165, 1.54) is 12.1 Å². The van der Waals surface area contributed by atoms with E-state index in [0.29, 0.717) is 29.0 Å². The van der Waals surface area contributed by atoms with Gasteiger partial charge in [-0.05, 0) is 68.0 Å². The second-order valence-corrected chi connectivity index (χ2v) is 10.4. The summed E-state index contributed by atoms with van der Waals surface area (Å²) in [5, 5.41) is 11.5. The molecule has 164 valence electrons. The van der Waals surface area contributed by atoms with Gasteiger partial charge < -0.3 is 5.32 Å². The molecule has 10 heteroatoms. The Morgan fingerprint density at radius 3 is 2.81 bits per heavy atom. The third-order valence-corrected chi connectivity index (χ3v) is 7.39. The van der Waals surface area contributed by atoms with Gasteiger partial charge in [-0.25, -0.2) is 13.1 Å². The lowest BCUT2D eigenvalue weighted by atomic mass is 10.1. The first kappa shape index (κ1) is 21.8. The van der Waals surface area contributed by atoms with Crippen LogP contribution in [0.3, 0.4) is 0 Å². The number of fused-ring (bicyclic) bond motifs is 1. The van der Waals surface area contributed by atoms with Crippen molar-refractivity contribution in [2.24, 2.45) is 0 Å². The number of pyridine rings is 1. The van der Waals surface area contributed by atoms with E-state index in [-0.39, 0.29) is 22.9 Å². The number of rotatable bonds is 9. The van der Waals surface area contributed by atoms with Crippen molar-refractivity contribution in [2.45, 2.75) is 43.2 Å². The monoisotopic (exact) mass is 459 g/mol. The number of aromatic nitrogens is 3. The minimum atomic E-state index is -3.64. The number of thioether (sulfide) groups is 1. The predicted octanol–water partition coefficient (Wildman–Crippen LogP) is 2.70. The third-order valence-electron chi connectivity index (χ3n) is 5.23. The molecule has 1 amide bonds. The Bertz CT molecular complexity index is 1200. The molecule has 0 saturated heterocycles. The Morgan fingerprint density at radius 2 is 2.06 bits per heavy atom. The van der Waals surface area contributed by atoms with Crippen LogP contribution in [-0.2, 0) is 10.0 Å². The number of aryl methyl sites for hydroxylation is 1. The zero-order valence-corrected chi connectivity index (χ0v) is 19.0. The van der Waals surface area contributed by atoms with Gasteiger partial charge in [0, 0.05) is 17.8 Å². The molecule has 31 heavy (non-hydrogen) atoms. The highest BCUT2D eigenvalue weighted by molar-refractivity contribution is 7.98. The van der Waals surface area contributed by atoms with Crippen molar-refractivity contribution < 1.29 is 13.2 Å². The highest BCUT2D eigenvalue weighted by Gasteiger charge is 2.29. The average Bonchev–Trinajstić information content (AvgIpc) is 3.45. The molecule has 0 bridgehead atoms. The molecule has 1 aliphatic carbocycles. The third kappa shape index (κ3) is 4.91. The summed E-state index contributed by atoms with van der Waals surface area (Å²) in [4.78, 5) is 13.3. The van der Waals surface area contributed by atoms with Crippen LogP contribution in [0.25, 0.3) is 5.65 Å². The number of benzene rings is 1. The number of hydrogen-bond donors (Lipinski definition) is 2. The maximum absolute atomic E-state index is 13.2. The Morgan fingerprint density at radius 1 is 1.26 bits per heavy atom. The Hall–Kier alpha value is -2.43. The second kappa shape index (κ2) is 8.97. The van der Waals surface area contributed by atoms with Crippen LogP contribution >= 0.6 is 11.8 Å². The summed E-state index contributed by atoms with van der Waals surface area (Å²) in [5.74, 6) is 1.14. The van der Waals surface area contributed by atoms with Gasteiger partial charge in [0.25, 0.3) is 5.91 Å². The SMILES string of the molecule is CSCCC(NC(=O)c1cc(S(=O)(=O)NC2CC2)ccc1C)c1nnc2ccccn12. The Labute approximate surface area is 185 Å². The fourth-order valence-electron chi connectivity index (χ4n) is 3.34. The quantitative estimate of drug-likeness (QED) is 0.510. The van der Waals surface area contributed by atoms with E-state index in [0.717, 1.165) is 18.6 Å². The largest absolute Gasteiger partial charge is 0.342 e. The molecule has 2 aromatic heterocycles. The molecule has 1 aromatic carbocycles. The van der Waals surface area contributed by atoms with E-state index in [4.69, 9.17) is 0 Å². The predicted molar refractivity (Wildman–Crippen MR) is 121 cm³/mol. The molecular formula is C21H25N5O3S2. The maximum Gasteiger partial charge on any atom is 0.252 e. The zero-order valence-electron chi connectivity index (χ0n) is 17.4. The van der Waals surface area contributed by atoms with Crippen molar-refractivity contribution in [3.8, 4) is 0 Å². The minimum Gasteiger partial charge on any atom is -0.342 e.